The lowest BCUT2D eigenvalue weighted by molar-refractivity contribution is -0.279. The van der Waals surface area contributed by atoms with Gasteiger partial charge < -0.3 is 14.6 Å². The zero-order valence-corrected chi connectivity index (χ0v) is 10.3. The van der Waals surface area contributed by atoms with Gasteiger partial charge in [0.15, 0.2) is 0 Å². The van der Waals surface area contributed by atoms with E-state index < -0.39 is 24.2 Å². The van der Waals surface area contributed by atoms with E-state index in [4.69, 9.17) is 9.84 Å². The predicted molar refractivity (Wildman–Crippen MR) is 60.0 cm³/mol. The van der Waals surface area contributed by atoms with E-state index in [-0.39, 0.29) is 11.3 Å². The number of carboxylic acids is 1. The summed E-state index contributed by atoms with van der Waals surface area (Å²) < 4.78 is 49.3. The minimum atomic E-state index is -4.89. The van der Waals surface area contributed by atoms with E-state index in [1.165, 1.54) is 25.3 Å². The molecular weight excluding hydrogens is 265 g/mol. The quantitative estimate of drug-likeness (QED) is 0.899. The summed E-state index contributed by atoms with van der Waals surface area (Å²) in [6.45, 7) is 0. The van der Waals surface area contributed by atoms with Crippen LogP contribution in [0.15, 0.2) is 24.3 Å². The summed E-state index contributed by atoms with van der Waals surface area (Å²) in [7, 11) is 2.03. The molecule has 4 nitrogen and oxygen atoms in total. The zero-order valence-electron chi connectivity index (χ0n) is 10.3. The molecule has 7 heteroatoms. The van der Waals surface area contributed by atoms with Crippen LogP contribution >= 0.6 is 0 Å². The monoisotopic (exact) mass is 278 g/mol. The van der Waals surface area contributed by atoms with Crippen molar-refractivity contribution in [2.45, 2.75) is 18.2 Å². The van der Waals surface area contributed by atoms with Crippen LogP contribution in [0.2, 0.25) is 0 Å². The molecule has 0 aliphatic rings. The average Bonchev–Trinajstić information content (AvgIpc) is 2.34. The Morgan fingerprint density at radius 2 is 1.84 bits per heavy atom. The van der Waals surface area contributed by atoms with Crippen LogP contribution < -0.4 is 4.74 Å². The van der Waals surface area contributed by atoms with Crippen LogP contribution in [0.5, 0.6) is 5.75 Å². The van der Waals surface area contributed by atoms with Crippen molar-refractivity contribution in [3.8, 4) is 5.75 Å². The number of methoxy groups -OCH3 is 2. The van der Waals surface area contributed by atoms with Crippen molar-refractivity contribution >= 4 is 5.97 Å². The molecule has 0 saturated carbocycles. The summed E-state index contributed by atoms with van der Waals surface area (Å²) in [6.07, 6.45) is -6.14. The first-order valence-electron chi connectivity index (χ1n) is 5.25. The molecule has 1 aromatic rings. The molecule has 106 valence electrons. The number of hydrogen-bond acceptors (Lipinski definition) is 3. The Morgan fingerprint density at radius 1 is 1.26 bits per heavy atom. The molecule has 19 heavy (non-hydrogen) atoms. The van der Waals surface area contributed by atoms with Gasteiger partial charge in [0.1, 0.15) is 5.75 Å². The number of para-hydroxylation sites is 1. The smallest absolute Gasteiger partial charge is 0.422 e. The average molecular weight is 278 g/mol. The van der Waals surface area contributed by atoms with Crippen molar-refractivity contribution < 1.29 is 32.5 Å². The van der Waals surface area contributed by atoms with Gasteiger partial charge in [0.2, 0.25) is 5.60 Å². The van der Waals surface area contributed by atoms with E-state index in [9.17, 15) is 18.0 Å². The van der Waals surface area contributed by atoms with Crippen molar-refractivity contribution in [3.63, 3.8) is 0 Å². The zero-order chi connectivity index (χ0) is 14.7. The van der Waals surface area contributed by atoms with Gasteiger partial charge in [-0.25, -0.2) is 0 Å². The molecule has 1 unspecified atom stereocenters. The lowest BCUT2D eigenvalue weighted by Gasteiger charge is -2.34. The van der Waals surface area contributed by atoms with Crippen molar-refractivity contribution in [2.24, 2.45) is 0 Å². The number of carboxylic acid groups (broad SMARTS) is 1. The summed E-state index contributed by atoms with van der Waals surface area (Å²) in [5.74, 6) is -1.70. The third-order valence-electron chi connectivity index (χ3n) is 2.75. The number of rotatable bonds is 5. The highest BCUT2D eigenvalue weighted by Crippen LogP contribution is 2.47. The first-order valence-corrected chi connectivity index (χ1v) is 5.25. The maximum atomic E-state index is 13.3. The minimum absolute atomic E-state index is 0.0806. The minimum Gasteiger partial charge on any atom is -0.496 e. The van der Waals surface area contributed by atoms with Crippen molar-refractivity contribution in [3.05, 3.63) is 29.8 Å². The van der Waals surface area contributed by atoms with Gasteiger partial charge >= 0.3 is 12.1 Å². The molecular formula is C12H13F3O4. The van der Waals surface area contributed by atoms with Gasteiger partial charge in [0.25, 0.3) is 0 Å². The summed E-state index contributed by atoms with van der Waals surface area (Å²) in [6, 6.07) is 5.30. The molecule has 1 N–H and O–H groups in total. The topological polar surface area (TPSA) is 55.8 Å². The lowest BCUT2D eigenvalue weighted by Crippen LogP contribution is -2.46. The maximum Gasteiger partial charge on any atom is 0.422 e. The number of benzene rings is 1. The molecule has 0 amide bonds. The number of alkyl halides is 3. The number of hydrogen-bond donors (Lipinski definition) is 1. The molecule has 0 bridgehead atoms. The molecule has 1 rings (SSSR count). The molecule has 0 aliphatic carbocycles. The van der Waals surface area contributed by atoms with Crippen LogP contribution in [0, 0.1) is 0 Å². The Balaban J connectivity index is 3.50. The fraction of sp³-hybridized carbons (Fsp3) is 0.417. The van der Waals surface area contributed by atoms with Gasteiger partial charge in [-0.05, 0) is 6.07 Å². The molecule has 0 aromatic heterocycles. The van der Waals surface area contributed by atoms with Gasteiger partial charge in [0.05, 0.1) is 13.5 Å². The summed E-state index contributed by atoms with van der Waals surface area (Å²) in [5, 5.41) is 8.75. The fourth-order valence-corrected chi connectivity index (χ4v) is 1.84. The molecule has 1 atom stereocenters. The standard InChI is InChI=1S/C12H13F3O4/c1-18-9-6-4-3-5-8(9)11(19-2,7-10(16)17)12(13,14)15/h3-6H,7H2,1-2H3,(H,16,17). The van der Waals surface area contributed by atoms with Crippen LogP contribution in [0.25, 0.3) is 0 Å². The van der Waals surface area contributed by atoms with Gasteiger partial charge in [-0.3, -0.25) is 4.79 Å². The van der Waals surface area contributed by atoms with Gasteiger partial charge in [-0.15, -0.1) is 0 Å². The summed E-state index contributed by atoms with van der Waals surface area (Å²) >= 11 is 0. The second-order valence-corrected chi connectivity index (χ2v) is 3.80. The molecule has 1 aromatic carbocycles. The first kappa shape index (κ1) is 15.3. The molecule has 0 aliphatic heterocycles. The molecule has 0 heterocycles. The molecule has 0 radical (unpaired) electrons. The molecule has 0 saturated heterocycles. The van der Waals surface area contributed by atoms with Gasteiger partial charge in [0, 0.05) is 12.7 Å². The third kappa shape index (κ3) is 2.81. The largest absolute Gasteiger partial charge is 0.496 e. The Kier molecular flexibility index (Phi) is 4.41. The molecule has 0 spiro atoms. The predicted octanol–water partition coefficient (Wildman–Crippen LogP) is 2.57. The summed E-state index contributed by atoms with van der Waals surface area (Å²) in [4.78, 5) is 10.8. The Morgan fingerprint density at radius 3 is 2.26 bits per heavy atom. The SMILES string of the molecule is COc1ccccc1C(CC(=O)O)(OC)C(F)(F)F. The highest BCUT2D eigenvalue weighted by Gasteiger charge is 2.59. The summed E-state index contributed by atoms with van der Waals surface area (Å²) in [5.41, 5.74) is -3.30. The van der Waals surface area contributed by atoms with E-state index in [2.05, 4.69) is 4.74 Å². The van der Waals surface area contributed by atoms with E-state index >= 15 is 0 Å². The van der Waals surface area contributed by atoms with Crippen molar-refractivity contribution in [1.82, 2.24) is 0 Å². The highest BCUT2D eigenvalue weighted by atomic mass is 19.4. The number of aliphatic carboxylic acids is 1. The number of halogens is 3. The highest BCUT2D eigenvalue weighted by molar-refractivity contribution is 5.69. The molecule has 0 fully saturated rings. The van der Waals surface area contributed by atoms with Crippen molar-refractivity contribution in [2.75, 3.05) is 14.2 Å². The van der Waals surface area contributed by atoms with Gasteiger partial charge in [-0.2, -0.15) is 13.2 Å². The lowest BCUT2D eigenvalue weighted by atomic mass is 9.88. The van der Waals surface area contributed by atoms with Crippen molar-refractivity contribution in [1.29, 1.82) is 0 Å². The Hall–Kier alpha value is -1.76. The fourth-order valence-electron chi connectivity index (χ4n) is 1.84. The Bertz CT molecular complexity index is 459. The van der Waals surface area contributed by atoms with E-state index in [1.807, 2.05) is 0 Å². The maximum absolute atomic E-state index is 13.3. The van der Waals surface area contributed by atoms with E-state index in [0.29, 0.717) is 0 Å². The Labute approximate surface area is 107 Å². The second-order valence-electron chi connectivity index (χ2n) is 3.80. The van der Waals surface area contributed by atoms with Crippen LogP contribution in [0.1, 0.15) is 12.0 Å². The van der Waals surface area contributed by atoms with Crippen LogP contribution in [-0.2, 0) is 15.1 Å². The van der Waals surface area contributed by atoms with E-state index in [0.717, 1.165) is 13.2 Å². The van der Waals surface area contributed by atoms with Crippen LogP contribution in [0.3, 0.4) is 0 Å². The normalized spacial score (nSPS) is 14.8. The van der Waals surface area contributed by atoms with Crippen LogP contribution in [0.4, 0.5) is 13.2 Å². The van der Waals surface area contributed by atoms with Crippen LogP contribution in [-0.4, -0.2) is 31.5 Å². The van der Waals surface area contributed by atoms with E-state index in [1.54, 1.807) is 0 Å². The second kappa shape index (κ2) is 5.48. The number of ether oxygens (including phenoxy) is 2. The third-order valence-corrected chi connectivity index (χ3v) is 2.75. The van der Waals surface area contributed by atoms with Gasteiger partial charge in [-0.1, -0.05) is 18.2 Å². The number of carbonyl (C=O) groups is 1. The first-order chi connectivity index (χ1) is 8.78.